The van der Waals surface area contributed by atoms with Gasteiger partial charge in [-0.05, 0) is 150 Å². The van der Waals surface area contributed by atoms with Gasteiger partial charge in [-0.25, -0.2) is 0 Å². The molecule has 0 fully saturated rings. The van der Waals surface area contributed by atoms with Crippen molar-refractivity contribution < 1.29 is 4.42 Å². The van der Waals surface area contributed by atoms with Gasteiger partial charge >= 0.3 is 0 Å². The van der Waals surface area contributed by atoms with Crippen LogP contribution < -0.4 is 4.90 Å². The van der Waals surface area contributed by atoms with E-state index in [-0.39, 0.29) is 0 Å². The summed E-state index contributed by atoms with van der Waals surface area (Å²) in [4.78, 5) is 2.39. The molecule has 352 valence electrons. The summed E-state index contributed by atoms with van der Waals surface area (Å²) in [5.74, 6) is 0. The van der Waals surface area contributed by atoms with Crippen LogP contribution in [0.5, 0.6) is 0 Å². The van der Waals surface area contributed by atoms with Gasteiger partial charge in [0.1, 0.15) is 11.2 Å². The normalized spacial score (nSPS) is 12.4. The fourth-order valence-corrected chi connectivity index (χ4v) is 12.0. The first-order valence-corrected chi connectivity index (χ1v) is 25.8. The van der Waals surface area contributed by atoms with Crippen LogP contribution in [0.3, 0.4) is 0 Å². The first-order valence-electron chi connectivity index (χ1n) is 25.8. The third-order valence-electron chi connectivity index (χ3n) is 15.4. The van der Waals surface area contributed by atoms with E-state index in [1.165, 1.54) is 66.8 Å². The molecule has 1 aliphatic carbocycles. The molecule has 1 heterocycles. The zero-order valence-corrected chi connectivity index (χ0v) is 41.1. The third-order valence-corrected chi connectivity index (χ3v) is 15.4. The van der Waals surface area contributed by atoms with Crippen LogP contribution >= 0.6 is 0 Å². The minimum Gasteiger partial charge on any atom is -0.456 e. The highest BCUT2D eigenvalue weighted by Gasteiger charge is 2.46. The summed E-state index contributed by atoms with van der Waals surface area (Å²) < 4.78 is 6.34. The molecule has 0 atom stereocenters. The molecule has 1 aliphatic rings. The summed E-state index contributed by atoms with van der Waals surface area (Å²) >= 11 is 0. The monoisotopic (exact) mass is 955 g/mol. The minimum atomic E-state index is -0.491. The lowest BCUT2D eigenvalue weighted by Gasteiger charge is -2.34. The maximum absolute atomic E-state index is 6.34. The standard InChI is InChI=1S/C73H49NO/c1-5-19-50(20-6-1)54-39-45-62(67(48-54)52-21-7-2-8-22-52)53-37-43-60(44-38-53)74(59-41-35-51(36-42-59)55-40-46-65-64-29-14-16-34-70(64)75-71(65)49-55)61-28-17-23-56(47-61)63-31-18-33-69-72(63)66-30-13-15-32-68(66)73(69,57-24-9-3-10-25-57)58-26-11-4-12-27-58/h1-49H. The van der Waals surface area contributed by atoms with E-state index in [4.69, 9.17) is 4.42 Å². The van der Waals surface area contributed by atoms with Crippen molar-refractivity contribution in [3.05, 3.63) is 320 Å². The van der Waals surface area contributed by atoms with E-state index in [0.29, 0.717) is 0 Å². The van der Waals surface area contributed by atoms with Gasteiger partial charge in [-0.15, -0.1) is 0 Å². The molecule has 0 amide bonds. The summed E-state index contributed by atoms with van der Waals surface area (Å²) in [6, 6.07) is 108. The van der Waals surface area contributed by atoms with Crippen LogP contribution in [0, 0.1) is 0 Å². The Labute approximate surface area is 437 Å². The predicted molar refractivity (Wildman–Crippen MR) is 313 cm³/mol. The maximum atomic E-state index is 6.34. The predicted octanol–water partition coefficient (Wildman–Crippen LogP) is 19.8. The van der Waals surface area contributed by atoms with Crippen LogP contribution in [0.25, 0.3) is 88.7 Å². The second kappa shape index (κ2) is 18.4. The summed E-state index contributed by atoms with van der Waals surface area (Å²) in [6.45, 7) is 0. The van der Waals surface area contributed by atoms with Gasteiger partial charge in [0.05, 0.1) is 5.41 Å². The number of rotatable bonds is 10. The van der Waals surface area contributed by atoms with E-state index < -0.39 is 5.41 Å². The number of fused-ring (bicyclic) bond motifs is 6. The molecular weight excluding hydrogens is 907 g/mol. The lowest BCUT2D eigenvalue weighted by atomic mass is 9.67. The number of hydrogen-bond donors (Lipinski definition) is 0. The fourth-order valence-electron chi connectivity index (χ4n) is 12.0. The van der Waals surface area contributed by atoms with Crippen molar-refractivity contribution >= 4 is 39.0 Å². The third kappa shape index (κ3) is 7.49. The number of nitrogens with zero attached hydrogens (tertiary/aromatic N) is 1. The van der Waals surface area contributed by atoms with Gasteiger partial charge < -0.3 is 9.32 Å². The Bertz CT molecular complexity index is 4160. The van der Waals surface area contributed by atoms with Gasteiger partial charge in [0, 0.05) is 27.8 Å². The van der Waals surface area contributed by atoms with Crippen molar-refractivity contribution in [1.82, 2.24) is 0 Å². The Hall–Kier alpha value is -9.76. The first-order chi connectivity index (χ1) is 37.2. The number of anilines is 3. The van der Waals surface area contributed by atoms with Gasteiger partial charge in [0.15, 0.2) is 0 Å². The molecule has 12 aromatic carbocycles. The molecule has 0 saturated heterocycles. The minimum absolute atomic E-state index is 0.491. The Kier molecular flexibility index (Phi) is 10.8. The zero-order chi connectivity index (χ0) is 49.7. The summed E-state index contributed by atoms with van der Waals surface area (Å²) in [7, 11) is 0. The van der Waals surface area contributed by atoms with E-state index in [0.717, 1.165) is 61.3 Å². The Morgan fingerprint density at radius 2 is 0.747 bits per heavy atom. The van der Waals surface area contributed by atoms with E-state index in [2.05, 4.69) is 290 Å². The fraction of sp³-hybridized carbons (Fsp3) is 0.0137. The molecule has 0 saturated carbocycles. The molecule has 13 aromatic rings. The molecule has 0 aliphatic heterocycles. The lowest BCUT2D eigenvalue weighted by Crippen LogP contribution is -2.28. The lowest BCUT2D eigenvalue weighted by molar-refractivity contribution is 0.669. The van der Waals surface area contributed by atoms with Gasteiger partial charge in [-0.2, -0.15) is 0 Å². The highest BCUT2D eigenvalue weighted by atomic mass is 16.3. The van der Waals surface area contributed by atoms with Crippen LogP contribution in [0.2, 0.25) is 0 Å². The van der Waals surface area contributed by atoms with Crippen molar-refractivity contribution in [3.63, 3.8) is 0 Å². The maximum Gasteiger partial charge on any atom is 0.136 e. The largest absolute Gasteiger partial charge is 0.456 e. The van der Waals surface area contributed by atoms with Crippen molar-refractivity contribution in [2.24, 2.45) is 0 Å². The van der Waals surface area contributed by atoms with Crippen molar-refractivity contribution in [2.45, 2.75) is 5.41 Å². The molecule has 75 heavy (non-hydrogen) atoms. The molecule has 0 unspecified atom stereocenters. The summed E-state index contributed by atoms with van der Waals surface area (Å²) in [6.07, 6.45) is 0. The highest BCUT2D eigenvalue weighted by molar-refractivity contribution is 6.06. The second-order valence-corrected chi connectivity index (χ2v) is 19.5. The summed E-state index contributed by atoms with van der Waals surface area (Å²) in [5.41, 5.74) is 23.8. The molecule has 2 heteroatoms. The molecule has 0 bridgehead atoms. The zero-order valence-electron chi connectivity index (χ0n) is 41.1. The van der Waals surface area contributed by atoms with Crippen molar-refractivity contribution in [3.8, 4) is 66.8 Å². The van der Waals surface area contributed by atoms with E-state index in [1.54, 1.807) is 0 Å². The number of para-hydroxylation sites is 1. The van der Waals surface area contributed by atoms with Crippen LogP contribution in [0.1, 0.15) is 22.3 Å². The topological polar surface area (TPSA) is 16.4 Å². The first kappa shape index (κ1) is 44.0. The molecule has 0 N–H and O–H groups in total. The average molecular weight is 956 g/mol. The van der Waals surface area contributed by atoms with E-state index in [1.807, 2.05) is 12.1 Å². The van der Waals surface area contributed by atoms with E-state index in [9.17, 15) is 0 Å². The number of benzene rings is 12. The second-order valence-electron chi connectivity index (χ2n) is 19.5. The SMILES string of the molecule is c1ccc(-c2ccc(-c3ccc(N(c4ccc(-c5ccc6c(c5)oc5ccccc56)cc4)c4cccc(-c5cccc6c5-c5ccccc5C6(c5ccccc5)c5ccccc5)c4)cc3)c(-c3ccccc3)c2)cc1. The van der Waals surface area contributed by atoms with Gasteiger partial charge in [0.25, 0.3) is 0 Å². The van der Waals surface area contributed by atoms with Gasteiger partial charge in [-0.1, -0.05) is 237 Å². The van der Waals surface area contributed by atoms with Crippen LogP contribution in [-0.2, 0) is 5.41 Å². The van der Waals surface area contributed by atoms with E-state index >= 15 is 0 Å². The smallest absolute Gasteiger partial charge is 0.136 e. The van der Waals surface area contributed by atoms with Crippen molar-refractivity contribution in [1.29, 1.82) is 0 Å². The number of furan rings is 1. The Morgan fingerprint density at radius 1 is 0.253 bits per heavy atom. The number of hydrogen-bond acceptors (Lipinski definition) is 2. The Balaban J connectivity index is 0.905. The van der Waals surface area contributed by atoms with Gasteiger partial charge in [-0.3, -0.25) is 0 Å². The average Bonchev–Trinajstić information content (AvgIpc) is 4.02. The quantitative estimate of drug-likeness (QED) is 0.136. The molecule has 1 aromatic heterocycles. The van der Waals surface area contributed by atoms with Crippen LogP contribution in [0.4, 0.5) is 17.1 Å². The molecule has 0 spiro atoms. The van der Waals surface area contributed by atoms with Gasteiger partial charge in [0.2, 0.25) is 0 Å². The molecule has 2 nitrogen and oxygen atoms in total. The van der Waals surface area contributed by atoms with Crippen LogP contribution in [-0.4, -0.2) is 0 Å². The highest BCUT2D eigenvalue weighted by Crippen LogP contribution is 2.58. The molecule has 0 radical (unpaired) electrons. The molecule has 14 rings (SSSR count). The summed E-state index contributed by atoms with van der Waals surface area (Å²) in [5, 5.41) is 2.26. The van der Waals surface area contributed by atoms with Crippen LogP contribution in [0.15, 0.2) is 302 Å². The Morgan fingerprint density at radius 3 is 1.47 bits per heavy atom. The van der Waals surface area contributed by atoms with Crippen molar-refractivity contribution in [2.75, 3.05) is 4.90 Å². The molecular formula is C73H49NO.